The van der Waals surface area contributed by atoms with E-state index in [9.17, 15) is 18.0 Å². The molecule has 5 aromatic rings. The minimum atomic E-state index is -4.49. The number of carbonyl (C=O) groups excluding carboxylic acids is 1. The van der Waals surface area contributed by atoms with E-state index in [1.54, 1.807) is 29.9 Å². The number of alkyl halides is 3. The topological polar surface area (TPSA) is 105 Å². The van der Waals surface area contributed by atoms with E-state index in [1.807, 2.05) is 18.2 Å². The van der Waals surface area contributed by atoms with E-state index in [2.05, 4.69) is 35.9 Å². The van der Waals surface area contributed by atoms with Gasteiger partial charge in [0, 0.05) is 47.0 Å². The zero-order chi connectivity index (χ0) is 25.8. The molecule has 37 heavy (non-hydrogen) atoms. The minimum Gasteiger partial charge on any atom is -0.368 e. The van der Waals surface area contributed by atoms with Crippen molar-refractivity contribution in [3.05, 3.63) is 77.8 Å². The second-order valence-electron chi connectivity index (χ2n) is 7.75. The zero-order valence-corrected chi connectivity index (χ0v) is 20.5. The second kappa shape index (κ2) is 10.5. The lowest BCUT2D eigenvalue weighted by molar-refractivity contribution is -0.137. The van der Waals surface area contributed by atoms with Crippen molar-refractivity contribution in [1.82, 2.24) is 19.9 Å². The Morgan fingerprint density at radius 3 is 2.62 bits per heavy atom. The van der Waals surface area contributed by atoms with Crippen molar-refractivity contribution >= 4 is 55.6 Å². The summed E-state index contributed by atoms with van der Waals surface area (Å²) in [4.78, 5) is 31.2. The van der Waals surface area contributed by atoms with E-state index in [0.29, 0.717) is 18.1 Å². The number of pyridine rings is 1. The third-order valence-electron chi connectivity index (χ3n) is 5.16. The van der Waals surface area contributed by atoms with Gasteiger partial charge in [-0.1, -0.05) is 6.07 Å². The summed E-state index contributed by atoms with van der Waals surface area (Å²) in [6.45, 7) is 0.576. The largest absolute Gasteiger partial charge is 0.416 e. The van der Waals surface area contributed by atoms with E-state index in [0.717, 1.165) is 43.5 Å². The fourth-order valence-electron chi connectivity index (χ4n) is 3.46. The lowest BCUT2D eigenvalue weighted by Crippen LogP contribution is -2.19. The number of nitrogens with zero attached hydrogens (tertiary/aromatic N) is 4. The summed E-state index contributed by atoms with van der Waals surface area (Å²) < 4.78 is 39.5. The van der Waals surface area contributed by atoms with Crippen molar-refractivity contribution in [1.29, 1.82) is 0 Å². The van der Waals surface area contributed by atoms with Crippen LogP contribution in [-0.4, -0.2) is 32.5 Å². The SMILES string of the molecule is O=C(Nc1cccc(C(F)(F)F)c1)Nc1ncc(CCNc2ncnc3cc(-c4ccncc4)sc23)s1. The Hall–Kier alpha value is -4.10. The number of carbonyl (C=O) groups is 1. The number of benzene rings is 1. The summed E-state index contributed by atoms with van der Waals surface area (Å²) in [5.74, 6) is 0.735. The summed E-state index contributed by atoms with van der Waals surface area (Å²) in [5, 5.41) is 8.62. The molecule has 0 atom stereocenters. The van der Waals surface area contributed by atoms with Crippen LogP contribution < -0.4 is 16.0 Å². The molecule has 2 amide bonds. The molecule has 0 radical (unpaired) electrons. The fourth-order valence-corrected chi connectivity index (χ4v) is 5.35. The van der Waals surface area contributed by atoms with Crippen molar-refractivity contribution in [2.75, 3.05) is 22.5 Å². The van der Waals surface area contributed by atoms with Crippen LogP contribution in [0.15, 0.2) is 67.4 Å². The molecule has 4 heterocycles. The lowest BCUT2D eigenvalue weighted by atomic mass is 10.2. The van der Waals surface area contributed by atoms with Crippen LogP contribution in [-0.2, 0) is 12.6 Å². The summed E-state index contributed by atoms with van der Waals surface area (Å²) in [7, 11) is 0. The number of anilines is 3. The predicted molar refractivity (Wildman–Crippen MR) is 139 cm³/mol. The molecule has 0 saturated carbocycles. The molecule has 0 aliphatic carbocycles. The van der Waals surface area contributed by atoms with Crippen LogP contribution in [0.4, 0.5) is 34.6 Å². The standard InChI is InChI=1S/C24H18F3N7OS2/c25-24(26,27)15-2-1-3-16(10-15)33-22(35)34-23-30-12-17(36-23)6-9-29-21-20-18(31-13-32-21)11-19(37-20)14-4-7-28-8-5-14/h1-5,7-8,10-13H,6,9H2,(H,29,31,32)(H2,30,33,34,35). The summed E-state index contributed by atoms with van der Waals surface area (Å²) >= 11 is 2.88. The first-order chi connectivity index (χ1) is 17.8. The first kappa shape index (κ1) is 24.6. The molecule has 0 bridgehead atoms. The number of hydrogen-bond acceptors (Lipinski definition) is 8. The van der Waals surface area contributed by atoms with Gasteiger partial charge < -0.3 is 10.6 Å². The molecule has 0 saturated heterocycles. The maximum absolute atomic E-state index is 12.9. The predicted octanol–water partition coefficient (Wildman–Crippen LogP) is 6.53. The van der Waals surface area contributed by atoms with Gasteiger partial charge in [0.15, 0.2) is 5.13 Å². The van der Waals surface area contributed by atoms with Gasteiger partial charge >= 0.3 is 12.2 Å². The fraction of sp³-hybridized carbons (Fsp3) is 0.125. The van der Waals surface area contributed by atoms with E-state index >= 15 is 0 Å². The number of nitrogens with one attached hydrogen (secondary N) is 3. The number of halogens is 3. The Bertz CT molecular complexity index is 1540. The van der Waals surface area contributed by atoms with Gasteiger partial charge in [-0.05, 0) is 42.0 Å². The average molecular weight is 542 g/mol. The van der Waals surface area contributed by atoms with Gasteiger partial charge in [-0.15, -0.1) is 22.7 Å². The van der Waals surface area contributed by atoms with Gasteiger partial charge in [0.1, 0.15) is 12.1 Å². The third-order valence-corrected chi connectivity index (χ3v) is 7.31. The Labute approximate surface area is 216 Å². The highest BCUT2D eigenvalue weighted by atomic mass is 32.1. The highest BCUT2D eigenvalue weighted by Crippen LogP contribution is 2.35. The molecular weight excluding hydrogens is 523 g/mol. The van der Waals surface area contributed by atoms with E-state index in [-0.39, 0.29) is 5.69 Å². The van der Waals surface area contributed by atoms with E-state index in [4.69, 9.17) is 0 Å². The third kappa shape index (κ3) is 6.01. The Kier molecular flexibility index (Phi) is 6.97. The molecule has 1 aromatic carbocycles. The summed E-state index contributed by atoms with van der Waals surface area (Å²) in [6, 6.07) is 9.66. The van der Waals surface area contributed by atoms with Crippen LogP contribution in [0.2, 0.25) is 0 Å². The molecule has 0 aliphatic rings. The smallest absolute Gasteiger partial charge is 0.368 e. The van der Waals surface area contributed by atoms with E-state index < -0.39 is 17.8 Å². The number of thiazole rings is 1. The minimum absolute atomic E-state index is 0.0325. The van der Waals surface area contributed by atoms with Crippen LogP contribution in [0.5, 0.6) is 0 Å². The maximum Gasteiger partial charge on any atom is 0.416 e. The Morgan fingerprint density at radius 2 is 1.81 bits per heavy atom. The molecule has 13 heteroatoms. The van der Waals surface area contributed by atoms with Crippen molar-refractivity contribution in [3.8, 4) is 10.4 Å². The van der Waals surface area contributed by atoms with Crippen molar-refractivity contribution in [3.63, 3.8) is 0 Å². The molecule has 0 fully saturated rings. The molecule has 0 aliphatic heterocycles. The number of aromatic nitrogens is 4. The molecule has 8 nitrogen and oxygen atoms in total. The second-order valence-corrected chi connectivity index (χ2v) is 9.92. The van der Waals surface area contributed by atoms with Crippen molar-refractivity contribution in [2.45, 2.75) is 12.6 Å². The molecule has 5 rings (SSSR count). The number of fused-ring (bicyclic) bond motifs is 1. The van der Waals surface area contributed by atoms with Gasteiger partial charge in [0.25, 0.3) is 0 Å². The van der Waals surface area contributed by atoms with E-state index in [1.165, 1.54) is 29.8 Å². The van der Waals surface area contributed by atoms with Gasteiger partial charge in [0.05, 0.1) is 15.8 Å². The Balaban J connectivity index is 1.17. The highest BCUT2D eigenvalue weighted by molar-refractivity contribution is 7.22. The number of hydrogen-bond donors (Lipinski definition) is 3. The molecule has 0 unspecified atom stereocenters. The molecule has 0 spiro atoms. The van der Waals surface area contributed by atoms with Crippen molar-refractivity contribution in [2.24, 2.45) is 0 Å². The van der Waals surface area contributed by atoms with Crippen LogP contribution in [0.1, 0.15) is 10.4 Å². The van der Waals surface area contributed by atoms with Gasteiger partial charge in [-0.3, -0.25) is 10.3 Å². The number of amides is 2. The normalized spacial score (nSPS) is 11.4. The first-order valence-corrected chi connectivity index (χ1v) is 12.6. The highest BCUT2D eigenvalue weighted by Gasteiger charge is 2.30. The van der Waals surface area contributed by atoms with Crippen LogP contribution in [0, 0.1) is 0 Å². The molecule has 3 N–H and O–H groups in total. The van der Waals surface area contributed by atoms with Crippen LogP contribution in [0.3, 0.4) is 0 Å². The summed E-state index contributed by atoms with van der Waals surface area (Å²) in [5.41, 5.74) is 1.10. The van der Waals surface area contributed by atoms with Crippen molar-refractivity contribution < 1.29 is 18.0 Å². The Morgan fingerprint density at radius 1 is 0.973 bits per heavy atom. The van der Waals surface area contributed by atoms with Crippen LogP contribution in [0.25, 0.3) is 20.7 Å². The molecular formula is C24H18F3N7OS2. The number of rotatable bonds is 7. The monoisotopic (exact) mass is 541 g/mol. The maximum atomic E-state index is 12.9. The average Bonchev–Trinajstić information content (AvgIpc) is 3.51. The first-order valence-electron chi connectivity index (χ1n) is 10.9. The molecule has 188 valence electrons. The van der Waals surface area contributed by atoms with Gasteiger partial charge in [0.2, 0.25) is 0 Å². The number of thiophene rings is 1. The van der Waals surface area contributed by atoms with Gasteiger partial charge in [-0.2, -0.15) is 13.2 Å². The van der Waals surface area contributed by atoms with Crippen LogP contribution >= 0.6 is 22.7 Å². The zero-order valence-electron chi connectivity index (χ0n) is 18.9. The lowest BCUT2D eigenvalue weighted by Gasteiger charge is -2.09. The van der Waals surface area contributed by atoms with Gasteiger partial charge in [-0.25, -0.2) is 19.7 Å². The number of urea groups is 1. The molecule has 4 aromatic heterocycles. The quantitative estimate of drug-likeness (QED) is 0.217. The summed E-state index contributed by atoms with van der Waals surface area (Å²) in [6.07, 6.45) is 2.80.